The summed E-state index contributed by atoms with van der Waals surface area (Å²) in [7, 11) is 1.83. The zero-order valence-corrected chi connectivity index (χ0v) is 12.4. The SMILES string of the molecule is Cc1cccc(C(=O)[N](C)[Hf+2])c1C.[F-].[F-]. The largest absolute Gasteiger partial charge is 1.00 e. The molecule has 0 aliphatic carbocycles. The van der Waals surface area contributed by atoms with Crippen molar-refractivity contribution < 1.29 is 38.9 Å². The standard InChI is InChI=1S/C10H13NO.2FH.Hf/c1-7-5-4-6-9(8(7)2)10(12)11-3;;;/h4-6H,1-3H3,(H,11,12);2*1H;/q;;;+3/p-3. The Morgan fingerprint density at radius 1 is 1.27 bits per heavy atom. The summed E-state index contributed by atoms with van der Waals surface area (Å²) in [5.74, 6) is 0.132. The number of aryl methyl sites for hydroxylation is 1. The van der Waals surface area contributed by atoms with Crippen LogP contribution in [0.5, 0.6) is 0 Å². The second-order valence-electron chi connectivity index (χ2n) is 3.11. The predicted octanol–water partition coefficient (Wildman–Crippen LogP) is -4.15. The van der Waals surface area contributed by atoms with Gasteiger partial charge in [-0.1, -0.05) is 0 Å². The number of halogens is 2. The van der Waals surface area contributed by atoms with Crippen molar-refractivity contribution in [1.82, 2.24) is 2.89 Å². The summed E-state index contributed by atoms with van der Waals surface area (Å²) in [6.45, 7) is 4.02. The smallest absolute Gasteiger partial charge is 1.00 e. The quantitative estimate of drug-likeness (QED) is 0.455. The molecule has 0 radical (unpaired) electrons. The van der Waals surface area contributed by atoms with E-state index in [1.807, 2.05) is 39.1 Å². The molecule has 0 heterocycles. The Morgan fingerprint density at radius 2 is 1.80 bits per heavy atom. The van der Waals surface area contributed by atoms with Gasteiger partial charge in [-0.25, -0.2) is 0 Å². The van der Waals surface area contributed by atoms with E-state index in [0.717, 1.165) is 35.8 Å². The topological polar surface area (TPSA) is 20.3 Å². The van der Waals surface area contributed by atoms with Gasteiger partial charge < -0.3 is 9.41 Å². The number of rotatable bonds is 1. The average molecular weight is 379 g/mol. The van der Waals surface area contributed by atoms with E-state index in [-0.39, 0.29) is 15.3 Å². The van der Waals surface area contributed by atoms with Crippen LogP contribution in [0.15, 0.2) is 18.2 Å². The summed E-state index contributed by atoms with van der Waals surface area (Å²) in [5.41, 5.74) is 3.10. The fraction of sp³-hybridized carbons (Fsp3) is 0.300. The van der Waals surface area contributed by atoms with E-state index >= 15 is 0 Å². The summed E-state index contributed by atoms with van der Waals surface area (Å²) in [6.07, 6.45) is 0. The second-order valence-corrected chi connectivity index (χ2v) is 5.52. The van der Waals surface area contributed by atoms with Crippen LogP contribution in [0.25, 0.3) is 0 Å². The van der Waals surface area contributed by atoms with Gasteiger partial charge in [-0.2, -0.15) is 0 Å². The van der Waals surface area contributed by atoms with Crippen LogP contribution in [0, 0.1) is 13.8 Å². The first-order chi connectivity index (χ1) is 6.04. The molecule has 0 aliphatic heterocycles. The molecule has 0 unspecified atom stereocenters. The van der Waals surface area contributed by atoms with E-state index in [2.05, 4.69) is 0 Å². The molecule has 1 aromatic carbocycles. The third-order valence-electron chi connectivity index (χ3n) is 2.14. The van der Waals surface area contributed by atoms with Crippen LogP contribution >= 0.6 is 0 Å². The molecule has 0 saturated heterocycles. The van der Waals surface area contributed by atoms with Crippen LogP contribution in [0.1, 0.15) is 21.5 Å². The van der Waals surface area contributed by atoms with E-state index in [4.69, 9.17) is 0 Å². The number of hydrogen-bond donors (Lipinski definition) is 0. The molecule has 0 atom stereocenters. The van der Waals surface area contributed by atoms with Crippen LogP contribution < -0.4 is 9.41 Å². The normalized spacial score (nSPS) is 8.60. The second kappa shape index (κ2) is 6.82. The van der Waals surface area contributed by atoms with Gasteiger partial charge in [-0.3, -0.25) is 0 Å². The van der Waals surface area contributed by atoms with Crippen molar-refractivity contribution in [2.45, 2.75) is 13.8 Å². The fourth-order valence-corrected chi connectivity index (χ4v) is 1.60. The maximum absolute atomic E-state index is 11.7. The zero-order valence-electron chi connectivity index (χ0n) is 8.84. The van der Waals surface area contributed by atoms with Crippen molar-refractivity contribution in [3.8, 4) is 0 Å². The van der Waals surface area contributed by atoms with Crippen LogP contribution in [-0.4, -0.2) is 15.8 Å². The summed E-state index contributed by atoms with van der Waals surface area (Å²) in [4.78, 5) is 11.7. The van der Waals surface area contributed by atoms with Gasteiger partial charge in [-0.05, 0) is 0 Å². The van der Waals surface area contributed by atoms with E-state index in [9.17, 15) is 4.79 Å². The molecule has 0 fully saturated rings. The Morgan fingerprint density at radius 3 is 2.27 bits per heavy atom. The third-order valence-corrected chi connectivity index (χ3v) is 2.87. The first-order valence-electron chi connectivity index (χ1n) is 4.09. The number of carbonyl (C=O) groups excluding carboxylic acids is 1. The molecule has 0 spiro atoms. The summed E-state index contributed by atoms with van der Waals surface area (Å²) < 4.78 is 1.74. The summed E-state index contributed by atoms with van der Waals surface area (Å²) in [5, 5.41) is 0. The van der Waals surface area contributed by atoms with Gasteiger partial charge in [0.2, 0.25) is 0 Å². The molecule has 0 aromatic heterocycles. The Balaban J connectivity index is 0. The Hall–Kier alpha value is -0.580. The van der Waals surface area contributed by atoms with Crippen molar-refractivity contribution in [1.29, 1.82) is 0 Å². The van der Waals surface area contributed by atoms with Crippen LogP contribution in [0.4, 0.5) is 0 Å². The van der Waals surface area contributed by atoms with Crippen LogP contribution in [0.3, 0.4) is 0 Å². The molecule has 0 N–H and O–H groups in total. The first kappa shape index (κ1) is 16.8. The molecule has 15 heavy (non-hydrogen) atoms. The Kier molecular flexibility index (Phi) is 7.66. The molecular formula is C10H12F2HfNO. The monoisotopic (exact) mass is 380 g/mol. The Labute approximate surface area is 103 Å². The van der Waals surface area contributed by atoms with Gasteiger partial charge in [0, 0.05) is 0 Å². The average Bonchev–Trinajstić information content (AvgIpc) is 2.08. The molecule has 1 amide bonds. The van der Waals surface area contributed by atoms with Gasteiger partial charge in [0.15, 0.2) is 0 Å². The van der Waals surface area contributed by atoms with Crippen molar-refractivity contribution >= 4 is 5.91 Å². The number of carbonyl (C=O) groups is 1. The van der Waals surface area contributed by atoms with Crippen molar-refractivity contribution in [2.75, 3.05) is 7.05 Å². The van der Waals surface area contributed by atoms with Crippen molar-refractivity contribution in [3.63, 3.8) is 0 Å². The molecule has 0 aliphatic rings. The van der Waals surface area contributed by atoms with Gasteiger partial charge in [-0.15, -0.1) is 0 Å². The van der Waals surface area contributed by atoms with Crippen molar-refractivity contribution in [3.05, 3.63) is 34.9 Å². The predicted molar refractivity (Wildman–Crippen MR) is 48.0 cm³/mol. The molecule has 0 saturated carbocycles. The van der Waals surface area contributed by atoms with E-state index in [1.54, 1.807) is 2.89 Å². The maximum Gasteiger partial charge on any atom is -1.00 e. The molecule has 1 rings (SSSR count). The number of amides is 1. The minimum atomic E-state index is 0. The number of hydrogen-bond acceptors (Lipinski definition) is 1. The van der Waals surface area contributed by atoms with Gasteiger partial charge in [0.1, 0.15) is 0 Å². The van der Waals surface area contributed by atoms with Crippen LogP contribution in [-0.2, 0) is 24.7 Å². The molecular weight excluding hydrogens is 367 g/mol. The third kappa shape index (κ3) is 3.81. The van der Waals surface area contributed by atoms with Crippen LogP contribution in [0.2, 0.25) is 0 Å². The minimum Gasteiger partial charge on any atom is -1.00 e. The van der Waals surface area contributed by atoms with Gasteiger partial charge >= 0.3 is 94.0 Å². The molecule has 81 valence electrons. The maximum atomic E-state index is 11.7. The van der Waals surface area contributed by atoms with Crippen molar-refractivity contribution in [2.24, 2.45) is 0 Å². The zero-order chi connectivity index (χ0) is 10.0. The summed E-state index contributed by atoms with van der Waals surface area (Å²) >= 11 is 0.767. The molecule has 0 bridgehead atoms. The van der Waals surface area contributed by atoms with E-state index < -0.39 is 0 Å². The number of benzene rings is 1. The summed E-state index contributed by atoms with van der Waals surface area (Å²) in [6, 6.07) is 5.85. The Bertz CT molecular complexity index is 342. The van der Waals surface area contributed by atoms with E-state index in [1.165, 1.54) is 5.56 Å². The molecule has 1 aromatic rings. The minimum absolute atomic E-state index is 0. The molecule has 5 heteroatoms. The fourth-order valence-electron chi connectivity index (χ4n) is 1.16. The van der Waals surface area contributed by atoms with Gasteiger partial charge in [0.05, 0.1) is 0 Å². The molecule has 2 nitrogen and oxygen atoms in total. The van der Waals surface area contributed by atoms with Gasteiger partial charge in [0.25, 0.3) is 0 Å². The number of nitrogens with zero attached hydrogens (tertiary/aromatic N) is 1. The van der Waals surface area contributed by atoms with E-state index in [0.29, 0.717) is 0 Å². The first-order valence-corrected chi connectivity index (χ1v) is 5.70.